The summed E-state index contributed by atoms with van der Waals surface area (Å²) in [6.07, 6.45) is 2.03. The Morgan fingerprint density at radius 3 is 2.81 bits per heavy atom. The molecule has 4 nitrogen and oxygen atoms in total. The molecule has 5 heteroatoms. The third-order valence-corrected chi connectivity index (χ3v) is 4.05. The van der Waals surface area contributed by atoms with Crippen molar-refractivity contribution in [3.8, 4) is 11.3 Å². The van der Waals surface area contributed by atoms with E-state index in [1.165, 1.54) is 5.56 Å². The van der Waals surface area contributed by atoms with Crippen LogP contribution in [0.2, 0.25) is 0 Å². The quantitative estimate of drug-likeness (QED) is 0.636. The SMILES string of the molecule is CCN(Cc1cc(-c2cccc(C)c2)on1)/C(=N/C)SC. The number of hydrogen-bond acceptors (Lipinski definition) is 4. The highest BCUT2D eigenvalue weighted by Gasteiger charge is 2.13. The summed E-state index contributed by atoms with van der Waals surface area (Å²) in [7, 11) is 1.81. The fourth-order valence-electron chi connectivity index (χ4n) is 2.19. The van der Waals surface area contributed by atoms with Crippen molar-refractivity contribution in [2.45, 2.75) is 20.4 Å². The predicted molar refractivity (Wildman–Crippen MR) is 89.6 cm³/mol. The van der Waals surface area contributed by atoms with E-state index in [4.69, 9.17) is 4.52 Å². The van der Waals surface area contributed by atoms with Crippen LogP contribution in [0.4, 0.5) is 0 Å². The molecule has 112 valence electrons. The molecule has 0 saturated heterocycles. The van der Waals surface area contributed by atoms with E-state index in [1.807, 2.05) is 31.5 Å². The Bertz CT molecular complexity index is 621. The topological polar surface area (TPSA) is 41.6 Å². The lowest BCUT2D eigenvalue weighted by Crippen LogP contribution is -2.28. The molecular formula is C16H21N3OS. The molecule has 0 saturated carbocycles. The molecule has 0 N–H and O–H groups in total. The minimum atomic E-state index is 0.708. The molecule has 0 aliphatic rings. The molecule has 1 aromatic carbocycles. The van der Waals surface area contributed by atoms with Crippen molar-refractivity contribution < 1.29 is 4.52 Å². The molecule has 0 atom stereocenters. The fraction of sp³-hybridized carbons (Fsp3) is 0.375. The minimum absolute atomic E-state index is 0.708. The van der Waals surface area contributed by atoms with Crippen LogP contribution in [0.15, 0.2) is 39.8 Å². The highest BCUT2D eigenvalue weighted by Crippen LogP contribution is 2.22. The van der Waals surface area contributed by atoms with Crippen LogP contribution >= 0.6 is 11.8 Å². The largest absolute Gasteiger partial charge is 0.356 e. The Balaban J connectivity index is 2.16. The van der Waals surface area contributed by atoms with Crippen LogP contribution in [0.3, 0.4) is 0 Å². The second-order valence-corrected chi connectivity index (χ2v) is 5.55. The molecule has 0 unspecified atom stereocenters. The van der Waals surface area contributed by atoms with Crippen molar-refractivity contribution in [1.29, 1.82) is 0 Å². The Labute approximate surface area is 130 Å². The summed E-state index contributed by atoms with van der Waals surface area (Å²) in [6, 6.07) is 10.2. The zero-order valence-electron chi connectivity index (χ0n) is 13.0. The molecule has 0 aliphatic carbocycles. The predicted octanol–water partition coefficient (Wildman–Crippen LogP) is 3.82. The van der Waals surface area contributed by atoms with Crippen LogP contribution < -0.4 is 0 Å². The highest BCUT2D eigenvalue weighted by molar-refractivity contribution is 8.13. The van der Waals surface area contributed by atoms with Gasteiger partial charge >= 0.3 is 0 Å². The molecular weight excluding hydrogens is 282 g/mol. The Morgan fingerprint density at radius 2 is 2.19 bits per heavy atom. The van der Waals surface area contributed by atoms with Gasteiger partial charge in [-0.05, 0) is 26.2 Å². The first-order valence-electron chi connectivity index (χ1n) is 6.96. The van der Waals surface area contributed by atoms with Gasteiger partial charge in [0.2, 0.25) is 0 Å². The number of hydrogen-bond donors (Lipinski definition) is 0. The first-order valence-corrected chi connectivity index (χ1v) is 8.18. The van der Waals surface area contributed by atoms with Gasteiger partial charge in [-0.25, -0.2) is 0 Å². The molecule has 0 amide bonds. The summed E-state index contributed by atoms with van der Waals surface area (Å²) in [5.74, 6) is 0.809. The van der Waals surface area contributed by atoms with Crippen molar-refractivity contribution in [2.24, 2.45) is 4.99 Å². The second-order valence-electron chi connectivity index (χ2n) is 4.78. The lowest BCUT2D eigenvalue weighted by atomic mass is 10.1. The summed E-state index contributed by atoms with van der Waals surface area (Å²) in [5.41, 5.74) is 3.19. The van der Waals surface area contributed by atoms with Gasteiger partial charge < -0.3 is 9.42 Å². The Morgan fingerprint density at radius 1 is 1.38 bits per heavy atom. The molecule has 0 fully saturated rings. The van der Waals surface area contributed by atoms with E-state index in [-0.39, 0.29) is 0 Å². The maximum atomic E-state index is 5.47. The number of nitrogens with zero attached hydrogens (tertiary/aromatic N) is 3. The Hall–Kier alpha value is -1.75. The number of rotatable bonds is 4. The zero-order valence-corrected chi connectivity index (χ0v) is 13.8. The Kier molecular flexibility index (Phi) is 5.44. The number of aryl methyl sites for hydroxylation is 1. The molecule has 1 heterocycles. The van der Waals surface area contributed by atoms with E-state index in [0.29, 0.717) is 6.54 Å². The van der Waals surface area contributed by atoms with Gasteiger partial charge in [0, 0.05) is 25.2 Å². The van der Waals surface area contributed by atoms with Gasteiger partial charge in [-0.15, -0.1) is 0 Å². The van der Waals surface area contributed by atoms with E-state index in [9.17, 15) is 0 Å². The highest BCUT2D eigenvalue weighted by atomic mass is 32.2. The molecule has 0 bridgehead atoms. The van der Waals surface area contributed by atoms with E-state index < -0.39 is 0 Å². The van der Waals surface area contributed by atoms with Gasteiger partial charge in [0.1, 0.15) is 5.69 Å². The van der Waals surface area contributed by atoms with Crippen LogP contribution in [0.25, 0.3) is 11.3 Å². The van der Waals surface area contributed by atoms with E-state index in [0.717, 1.165) is 28.7 Å². The molecule has 21 heavy (non-hydrogen) atoms. The van der Waals surface area contributed by atoms with Gasteiger partial charge in [-0.2, -0.15) is 0 Å². The summed E-state index contributed by atoms with van der Waals surface area (Å²) < 4.78 is 5.47. The second kappa shape index (κ2) is 7.31. The number of aromatic nitrogens is 1. The minimum Gasteiger partial charge on any atom is -0.356 e. The van der Waals surface area contributed by atoms with Crippen LogP contribution in [-0.4, -0.2) is 35.1 Å². The standard InChI is InChI=1S/C16H21N3OS/c1-5-19(16(17-3)21-4)11-14-10-15(20-18-14)13-8-6-7-12(2)9-13/h6-10H,5,11H2,1-4H3/b17-16-. The first kappa shape index (κ1) is 15.6. The summed E-state index contributed by atoms with van der Waals surface area (Å²) in [6.45, 7) is 5.78. The van der Waals surface area contributed by atoms with Crippen molar-refractivity contribution in [1.82, 2.24) is 10.1 Å². The monoisotopic (exact) mass is 303 g/mol. The van der Waals surface area contributed by atoms with Crippen LogP contribution in [0, 0.1) is 6.92 Å². The summed E-state index contributed by atoms with van der Waals surface area (Å²) in [5, 5.41) is 5.19. The van der Waals surface area contributed by atoms with Gasteiger partial charge in [0.25, 0.3) is 0 Å². The van der Waals surface area contributed by atoms with Crippen LogP contribution in [-0.2, 0) is 6.54 Å². The van der Waals surface area contributed by atoms with E-state index in [2.05, 4.69) is 41.0 Å². The summed E-state index contributed by atoms with van der Waals surface area (Å²) >= 11 is 1.64. The van der Waals surface area contributed by atoms with Crippen molar-refractivity contribution in [3.63, 3.8) is 0 Å². The number of aliphatic imine (C=N–C) groups is 1. The smallest absolute Gasteiger partial charge is 0.167 e. The van der Waals surface area contributed by atoms with Gasteiger partial charge in [-0.3, -0.25) is 4.99 Å². The average molecular weight is 303 g/mol. The van der Waals surface area contributed by atoms with Gasteiger partial charge in [-0.1, -0.05) is 40.7 Å². The number of thioether (sulfide) groups is 1. The third-order valence-electron chi connectivity index (χ3n) is 3.24. The molecule has 2 aromatic rings. The average Bonchev–Trinajstić information content (AvgIpc) is 2.96. The lowest BCUT2D eigenvalue weighted by Gasteiger charge is -2.21. The zero-order chi connectivity index (χ0) is 15.2. The molecule has 2 rings (SSSR count). The summed E-state index contributed by atoms with van der Waals surface area (Å²) in [4.78, 5) is 6.48. The van der Waals surface area contributed by atoms with Crippen LogP contribution in [0.5, 0.6) is 0 Å². The van der Waals surface area contributed by atoms with Crippen molar-refractivity contribution in [2.75, 3.05) is 19.8 Å². The molecule has 1 aromatic heterocycles. The number of benzene rings is 1. The molecule has 0 radical (unpaired) electrons. The first-order chi connectivity index (χ1) is 10.2. The third kappa shape index (κ3) is 3.88. The van der Waals surface area contributed by atoms with E-state index in [1.54, 1.807) is 11.8 Å². The molecule has 0 spiro atoms. The normalized spacial score (nSPS) is 11.7. The fourth-order valence-corrected chi connectivity index (χ4v) is 2.83. The van der Waals surface area contributed by atoms with Crippen molar-refractivity contribution in [3.05, 3.63) is 41.6 Å². The van der Waals surface area contributed by atoms with E-state index >= 15 is 0 Å². The van der Waals surface area contributed by atoms with Crippen LogP contribution in [0.1, 0.15) is 18.2 Å². The van der Waals surface area contributed by atoms with Crippen molar-refractivity contribution >= 4 is 16.9 Å². The number of amidine groups is 1. The van der Waals surface area contributed by atoms with Gasteiger partial charge in [0.15, 0.2) is 10.9 Å². The molecule has 0 aliphatic heterocycles. The lowest BCUT2D eigenvalue weighted by molar-refractivity contribution is 0.389. The maximum absolute atomic E-state index is 5.47. The van der Waals surface area contributed by atoms with Gasteiger partial charge in [0.05, 0.1) is 6.54 Å². The maximum Gasteiger partial charge on any atom is 0.167 e.